The van der Waals surface area contributed by atoms with E-state index in [2.05, 4.69) is 25.2 Å². The quantitative estimate of drug-likeness (QED) is 0.626. The highest BCUT2D eigenvalue weighted by Crippen LogP contribution is 2.59. The van der Waals surface area contributed by atoms with Crippen molar-refractivity contribution >= 4 is 0 Å². The minimum Gasteiger partial charge on any atom is -0.385 e. The van der Waals surface area contributed by atoms with E-state index in [1.54, 1.807) is 14.2 Å². The molecule has 1 saturated carbocycles. The van der Waals surface area contributed by atoms with Crippen molar-refractivity contribution in [3.05, 3.63) is 23.8 Å². The highest BCUT2D eigenvalue weighted by molar-refractivity contribution is 5.37. The fraction of sp³-hybridized carbons (Fsp3) is 0.750. The zero-order chi connectivity index (χ0) is 13.7. The number of methoxy groups -OCH3 is 2. The van der Waals surface area contributed by atoms with Crippen LogP contribution in [0.15, 0.2) is 23.8 Å². The van der Waals surface area contributed by atoms with Gasteiger partial charge in [-0.05, 0) is 37.2 Å². The van der Waals surface area contributed by atoms with Crippen LogP contribution >= 0.6 is 0 Å². The van der Waals surface area contributed by atoms with Gasteiger partial charge >= 0.3 is 0 Å². The smallest absolute Gasteiger partial charge is 0.183 e. The summed E-state index contributed by atoms with van der Waals surface area (Å²) in [6.45, 7) is 2.20. The molecule has 4 atom stereocenters. The molecule has 3 heteroatoms. The molecular formula is C16H24O3. The maximum atomic E-state index is 11.3. The molecule has 3 rings (SSSR count). The first kappa shape index (κ1) is 13.3. The van der Waals surface area contributed by atoms with Crippen LogP contribution in [0.1, 0.15) is 32.6 Å². The van der Waals surface area contributed by atoms with Gasteiger partial charge in [-0.1, -0.05) is 25.2 Å². The third kappa shape index (κ3) is 1.55. The van der Waals surface area contributed by atoms with Crippen molar-refractivity contribution in [1.82, 2.24) is 0 Å². The maximum Gasteiger partial charge on any atom is 0.183 e. The Morgan fingerprint density at radius 1 is 1.32 bits per heavy atom. The van der Waals surface area contributed by atoms with Crippen LogP contribution < -0.4 is 0 Å². The average molecular weight is 264 g/mol. The van der Waals surface area contributed by atoms with Crippen LogP contribution in [0.2, 0.25) is 0 Å². The summed E-state index contributed by atoms with van der Waals surface area (Å²) in [7, 11) is 3.37. The summed E-state index contributed by atoms with van der Waals surface area (Å²) in [4.78, 5) is 0. The molecule has 0 aromatic heterocycles. The van der Waals surface area contributed by atoms with Gasteiger partial charge in [0.05, 0.1) is 11.5 Å². The Kier molecular flexibility index (Phi) is 3.12. The molecular weight excluding hydrogens is 240 g/mol. The molecule has 0 aromatic carbocycles. The third-order valence-corrected chi connectivity index (χ3v) is 5.48. The fourth-order valence-electron chi connectivity index (χ4n) is 4.56. The molecule has 1 N–H and O–H groups in total. The number of aliphatic hydroxyl groups is 1. The Balaban J connectivity index is 1.97. The van der Waals surface area contributed by atoms with Gasteiger partial charge in [0, 0.05) is 20.1 Å². The van der Waals surface area contributed by atoms with Crippen molar-refractivity contribution in [2.45, 2.75) is 44.0 Å². The van der Waals surface area contributed by atoms with E-state index in [4.69, 9.17) is 9.47 Å². The maximum absolute atomic E-state index is 11.3. The summed E-state index contributed by atoms with van der Waals surface area (Å²) in [6, 6.07) is 0. The molecule has 2 bridgehead atoms. The first-order chi connectivity index (χ1) is 9.12. The Morgan fingerprint density at radius 3 is 2.63 bits per heavy atom. The van der Waals surface area contributed by atoms with Crippen molar-refractivity contribution < 1.29 is 14.6 Å². The van der Waals surface area contributed by atoms with Gasteiger partial charge in [-0.15, -0.1) is 0 Å². The molecule has 0 spiro atoms. The molecule has 3 aliphatic carbocycles. The van der Waals surface area contributed by atoms with E-state index < -0.39 is 11.4 Å². The summed E-state index contributed by atoms with van der Waals surface area (Å²) in [5.41, 5.74) is 0.452. The normalized spacial score (nSPS) is 42.9. The van der Waals surface area contributed by atoms with Gasteiger partial charge < -0.3 is 14.6 Å². The van der Waals surface area contributed by atoms with Gasteiger partial charge in [0.15, 0.2) is 5.79 Å². The first-order valence-corrected chi connectivity index (χ1v) is 7.34. The number of fused-ring (bicyclic) bond motifs is 2. The zero-order valence-electron chi connectivity index (χ0n) is 12.1. The number of hydrogen-bond acceptors (Lipinski definition) is 3. The van der Waals surface area contributed by atoms with Gasteiger partial charge in [0.25, 0.3) is 0 Å². The van der Waals surface area contributed by atoms with Crippen molar-refractivity contribution in [2.24, 2.45) is 17.8 Å². The zero-order valence-corrected chi connectivity index (χ0v) is 12.1. The summed E-state index contributed by atoms with van der Waals surface area (Å²) < 4.78 is 11.4. The molecule has 0 amide bonds. The van der Waals surface area contributed by atoms with Crippen molar-refractivity contribution in [3.63, 3.8) is 0 Å². The lowest BCUT2D eigenvalue weighted by molar-refractivity contribution is -0.238. The average Bonchev–Trinajstić information content (AvgIpc) is 3.09. The van der Waals surface area contributed by atoms with E-state index in [-0.39, 0.29) is 11.8 Å². The van der Waals surface area contributed by atoms with Crippen molar-refractivity contribution in [1.29, 1.82) is 0 Å². The topological polar surface area (TPSA) is 38.7 Å². The second-order valence-electron chi connectivity index (χ2n) is 6.07. The van der Waals surface area contributed by atoms with Crippen LogP contribution in [0, 0.1) is 17.8 Å². The van der Waals surface area contributed by atoms with E-state index in [9.17, 15) is 5.11 Å². The van der Waals surface area contributed by atoms with Gasteiger partial charge in [-0.3, -0.25) is 0 Å². The summed E-state index contributed by atoms with van der Waals surface area (Å²) in [5, 5.41) is 11.3. The van der Waals surface area contributed by atoms with Gasteiger partial charge in [0.2, 0.25) is 0 Å². The molecule has 106 valence electrons. The van der Waals surface area contributed by atoms with E-state index in [0.29, 0.717) is 5.92 Å². The monoisotopic (exact) mass is 264 g/mol. The van der Waals surface area contributed by atoms with Crippen molar-refractivity contribution in [2.75, 3.05) is 14.2 Å². The number of allylic oxidation sites excluding steroid dienone is 1. The first-order valence-electron chi connectivity index (χ1n) is 7.34. The lowest BCUT2D eigenvalue weighted by atomic mass is 9.76. The Bertz CT molecular complexity index is 422. The number of ether oxygens (including phenoxy) is 2. The SMILES string of the molecule is CC[C@@H]1CCC=C1[C@]1(O)C[C@H]2C=C[C@H]1C2(OC)OC. The second-order valence-corrected chi connectivity index (χ2v) is 6.07. The summed E-state index contributed by atoms with van der Waals surface area (Å²) in [5.74, 6) is -0.0877. The minimum atomic E-state index is -0.775. The molecule has 0 aliphatic heterocycles. The molecule has 0 radical (unpaired) electrons. The second kappa shape index (κ2) is 4.44. The van der Waals surface area contributed by atoms with Crippen LogP contribution in [0.25, 0.3) is 0 Å². The summed E-state index contributed by atoms with van der Waals surface area (Å²) in [6.07, 6.45) is 10.6. The predicted octanol–water partition coefficient (Wildman–Crippen LogP) is 2.66. The van der Waals surface area contributed by atoms with Crippen molar-refractivity contribution in [3.8, 4) is 0 Å². The van der Waals surface area contributed by atoms with Gasteiger partial charge in [-0.2, -0.15) is 0 Å². The lowest BCUT2D eigenvalue weighted by Crippen LogP contribution is -2.46. The number of rotatable bonds is 4. The Hall–Kier alpha value is -0.640. The fourth-order valence-corrected chi connectivity index (χ4v) is 4.56. The molecule has 0 saturated heterocycles. The minimum absolute atomic E-state index is 0.0848. The predicted molar refractivity (Wildman–Crippen MR) is 73.5 cm³/mol. The standard InChI is InChI=1S/C16H24O3/c1-4-11-6-5-7-13(11)15(17)10-12-8-9-14(15)16(12,18-2)19-3/h7-9,11-12,14,17H,4-6,10H2,1-3H3/t11-,12-,14-,15-/m1/s1. The number of hydrogen-bond donors (Lipinski definition) is 1. The molecule has 0 unspecified atom stereocenters. The van der Waals surface area contributed by atoms with E-state index in [1.165, 1.54) is 12.0 Å². The lowest BCUT2D eigenvalue weighted by Gasteiger charge is -2.38. The molecule has 3 aliphatic rings. The molecule has 0 aromatic rings. The van der Waals surface area contributed by atoms with E-state index in [1.807, 2.05) is 0 Å². The van der Waals surface area contributed by atoms with Crippen LogP contribution in [-0.4, -0.2) is 30.7 Å². The van der Waals surface area contributed by atoms with Crippen LogP contribution in [0.4, 0.5) is 0 Å². The van der Waals surface area contributed by atoms with Crippen LogP contribution in [-0.2, 0) is 9.47 Å². The largest absolute Gasteiger partial charge is 0.385 e. The molecule has 3 nitrogen and oxygen atoms in total. The highest BCUT2D eigenvalue weighted by Gasteiger charge is 2.66. The van der Waals surface area contributed by atoms with Crippen LogP contribution in [0.3, 0.4) is 0 Å². The van der Waals surface area contributed by atoms with Gasteiger partial charge in [0.1, 0.15) is 0 Å². The Labute approximate surface area is 115 Å². The van der Waals surface area contributed by atoms with Crippen LogP contribution in [0.5, 0.6) is 0 Å². The van der Waals surface area contributed by atoms with E-state index in [0.717, 1.165) is 19.3 Å². The molecule has 1 fully saturated rings. The Morgan fingerprint density at radius 2 is 2.05 bits per heavy atom. The molecule has 19 heavy (non-hydrogen) atoms. The summed E-state index contributed by atoms with van der Waals surface area (Å²) >= 11 is 0. The highest BCUT2D eigenvalue weighted by atomic mass is 16.7. The molecule has 0 heterocycles. The third-order valence-electron chi connectivity index (χ3n) is 5.48. The van der Waals surface area contributed by atoms with E-state index >= 15 is 0 Å². The van der Waals surface area contributed by atoms with Gasteiger partial charge in [-0.25, -0.2) is 0 Å².